The van der Waals surface area contributed by atoms with Crippen LogP contribution in [0.4, 0.5) is 0 Å². The van der Waals surface area contributed by atoms with Crippen LogP contribution in [0.5, 0.6) is 0 Å². The molecule has 84 valence electrons. The molecule has 0 aliphatic rings. The van der Waals surface area contributed by atoms with Gasteiger partial charge in [0.05, 0.1) is 0 Å². The van der Waals surface area contributed by atoms with Crippen molar-refractivity contribution < 1.29 is 4.74 Å². The van der Waals surface area contributed by atoms with E-state index in [9.17, 15) is 0 Å². The second kappa shape index (κ2) is 6.99. The minimum atomic E-state index is 0.826. The molecule has 1 aromatic rings. The highest BCUT2D eigenvalue weighted by Crippen LogP contribution is 2.15. The van der Waals surface area contributed by atoms with E-state index in [0.29, 0.717) is 0 Å². The number of ether oxygens (including phenoxy) is 1. The van der Waals surface area contributed by atoms with Gasteiger partial charge in [-0.1, -0.05) is 22.0 Å². The molecule has 15 heavy (non-hydrogen) atoms. The number of nitrogens with one attached hydrogen (secondary N) is 1. The number of methoxy groups -OCH3 is 1. The van der Waals surface area contributed by atoms with Crippen molar-refractivity contribution in [3.63, 3.8) is 0 Å². The Balaban J connectivity index is 2.31. The lowest BCUT2D eigenvalue weighted by atomic mass is 10.1. The summed E-state index contributed by atoms with van der Waals surface area (Å²) in [6.45, 7) is 4.90. The van der Waals surface area contributed by atoms with Crippen LogP contribution in [0.15, 0.2) is 22.7 Å². The molecule has 1 N–H and O–H groups in total. The van der Waals surface area contributed by atoms with E-state index in [0.717, 1.165) is 30.6 Å². The summed E-state index contributed by atoms with van der Waals surface area (Å²) in [4.78, 5) is 0. The van der Waals surface area contributed by atoms with Gasteiger partial charge in [0.25, 0.3) is 0 Å². The molecular formula is C12H18BrNO. The molecule has 1 aromatic carbocycles. The Hall–Kier alpha value is -0.380. The van der Waals surface area contributed by atoms with Crippen LogP contribution in [-0.2, 0) is 11.3 Å². The van der Waals surface area contributed by atoms with Crippen molar-refractivity contribution in [2.45, 2.75) is 19.9 Å². The first-order valence-corrected chi connectivity index (χ1v) is 5.98. The molecule has 2 nitrogen and oxygen atoms in total. The van der Waals surface area contributed by atoms with Crippen molar-refractivity contribution in [3.8, 4) is 0 Å². The van der Waals surface area contributed by atoms with Crippen LogP contribution in [0.3, 0.4) is 0 Å². The highest BCUT2D eigenvalue weighted by molar-refractivity contribution is 9.10. The summed E-state index contributed by atoms with van der Waals surface area (Å²) in [6, 6.07) is 6.38. The van der Waals surface area contributed by atoms with Gasteiger partial charge in [0, 0.05) is 24.7 Å². The molecule has 0 atom stereocenters. The summed E-state index contributed by atoms with van der Waals surface area (Å²) in [5, 5.41) is 3.40. The number of hydrogen-bond acceptors (Lipinski definition) is 2. The lowest BCUT2D eigenvalue weighted by Gasteiger charge is -2.07. The molecular weight excluding hydrogens is 254 g/mol. The Labute approximate surface area is 100 Å². The minimum absolute atomic E-state index is 0.826. The van der Waals surface area contributed by atoms with E-state index in [4.69, 9.17) is 4.74 Å². The van der Waals surface area contributed by atoms with E-state index in [-0.39, 0.29) is 0 Å². The van der Waals surface area contributed by atoms with Crippen molar-refractivity contribution in [2.75, 3.05) is 20.3 Å². The van der Waals surface area contributed by atoms with Crippen LogP contribution in [0.25, 0.3) is 0 Å². The summed E-state index contributed by atoms with van der Waals surface area (Å²) in [7, 11) is 1.73. The van der Waals surface area contributed by atoms with Gasteiger partial charge >= 0.3 is 0 Å². The van der Waals surface area contributed by atoms with E-state index >= 15 is 0 Å². The number of hydrogen-bond donors (Lipinski definition) is 1. The Morgan fingerprint density at radius 2 is 2.20 bits per heavy atom. The molecule has 0 fully saturated rings. The van der Waals surface area contributed by atoms with Crippen molar-refractivity contribution in [1.82, 2.24) is 5.32 Å². The van der Waals surface area contributed by atoms with Gasteiger partial charge in [-0.15, -0.1) is 0 Å². The topological polar surface area (TPSA) is 21.3 Å². The summed E-state index contributed by atoms with van der Waals surface area (Å²) < 4.78 is 6.13. The van der Waals surface area contributed by atoms with E-state index in [1.165, 1.54) is 11.1 Å². The fourth-order valence-electron chi connectivity index (χ4n) is 1.42. The molecule has 0 bridgehead atoms. The van der Waals surface area contributed by atoms with Gasteiger partial charge < -0.3 is 10.1 Å². The Morgan fingerprint density at radius 1 is 1.40 bits per heavy atom. The molecule has 0 heterocycles. The quantitative estimate of drug-likeness (QED) is 0.804. The first kappa shape index (κ1) is 12.7. The molecule has 0 aromatic heterocycles. The molecule has 0 spiro atoms. The molecule has 0 saturated heterocycles. The average molecular weight is 272 g/mol. The first-order valence-electron chi connectivity index (χ1n) is 5.18. The SMILES string of the molecule is COCCCNCc1ccc(Br)cc1C. The maximum absolute atomic E-state index is 4.99. The molecule has 1 rings (SSSR count). The first-order chi connectivity index (χ1) is 7.24. The van der Waals surface area contributed by atoms with Crippen LogP contribution in [0.1, 0.15) is 17.5 Å². The third-order valence-electron chi connectivity index (χ3n) is 2.32. The zero-order valence-corrected chi connectivity index (χ0v) is 10.9. The summed E-state index contributed by atoms with van der Waals surface area (Å²) in [5.41, 5.74) is 2.68. The molecule has 0 unspecified atom stereocenters. The third kappa shape index (κ3) is 4.78. The zero-order chi connectivity index (χ0) is 11.1. The van der Waals surface area contributed by atoms with Crippen LogP contribution in [-0.4, -0.2) is 20.3 Å². The summed E-state index contributed by atoms with van der Waals surface area (Å²) >= 11 is 3.46. The number of aryl methyl sites for hydroxylation is 1. The van der Waals surface area contributed by atoms with Crippen molar-refractivity contribution in [1.29, 1.82) is 0 Å². The third-order valence-corrected chi connectivity index (χ3v) is 2.82. The second-order valence-electron chi connectivity index (χ2n) is 3.59. The summed E-state index contributed by atoms with van der Waals surface area (Å²) in [5.74, 6) is 0. The van der Waals surface area contributed by atoms with Crippen LogP contribution >= 0.6 is 15.9 Å². The highest BCUT2D eigenvalue weighted by atomic mass is 79.9. The van der Waals surface area contributed by atoms with Crippen LogP contribution < -0.4 is 5.32 Å². The molecule has 3 heteroatoms. The molecule has 0 radical (unpaired) electrons. The molecule has 0 saturated carbocycles. The van der Waals surface area contributed by atoms with E-state index in [2.05, 4.69) is 46.4 Å². The van der Waals surface area contributed by atoms with Gasteiger partial charge in [0.15, 0.2) is 0 Å². The molecule has 0 aliphatic carbocycles. The monoisotopic (exact) mass is 271 g/mol. The van der Waals surface area contributed by atoms with Crippen molar-refractivity contribution >= 4 is 15.9 Å². The maximum Gasteiger partial charge on any atom is 0.0474 e. The summed E-state index contributed by atoms with van der Waals surface area (Å²) in [6.07, 6.45) is 1.06. The second-order valence-corrected chi connectivity index (χ2v) is 4.51. The Bertz CT molecular complexity index is 302. The minimum Gasteiger partial charge on any atom is -0.385 e. The van der Waals surface area contributed by atoms with Gasteiger partial charge in [-0.25, -0.2) is 0 Å². The molecule has 0 amide bonds. The van der Waals surface area contributed by atoms with Gasteiger partial charge in [-0.05, 0) is 43.1 Å². The fraction of sp³-hybridized carbons (Fsp3) is 0.500. The van der Waals surface area contributed by atoms with Gasteiger partial charge in [-0.2, -0.15) is 0 Å². The fourth-order valence-corrected chi connectivity index (χ4v) is 1.90. The van der Waals surface area contributed by atoms with E-state index < -0.39 is 0 Å². The Morgan fingerprint density at radius 3 is 2.87 bits per heavy atom. The number of benzene rings is 1. The zero-order valence-electron chi connectivity index (χ0n) is 9.35. The predicted molar refractivity (Wildman–Crippen MR) is 67.1 cm³/mol. The number of halogens is 1. The number of rotatable bonds is 6. The smallest absolute Gasteiger partial charge is 0.0474 e. The average Bonchev–Trinajstić information content (AvgIpc) is 2.20. The highest BCUT2D eigenvalue weighted by Gasteiger charge is 1.98. The standard InChI is InChI=1S/C12H18BrNO/c1-10-8-12(13)5-4-11(10)9-14-6-3-7-15-2/h4-5,8,14H,3,6-7,9H2,1-2H3. The lowest BCUT2D eigenvalue weighted by Crippen LogP contribution is -2.16. The van der Waals surface area contributed by atoms with Crippen molar-refractivity contribution in [2.24, 2.45) is 0 Å². The normalized spacial score (nSPS) is 10.6. The lowest BCUT2D eigenvalue weighted by molar-refractivity contribution is 0.194. The van der Waals surface area contributed by atoms with Crippen molar-refractivity contribution in [3.05, 3.63) is 33.8 Å². The van der Waals surface area contributed by atoms with Gasteiger partial charge in [-0.3, -0.25) is 0 Å². The molecule has 0 aliphatic heterocycles. The van der Waals surface area contributed by atoms with E-state index in [1.807, 2.05) is 0 Å². The Kier molecular flexibility index (Phi) is 5.91. The van der Waals surface area contributed by atoms with Gasteiger partial charge in [0.2, 0.25) is 0 Å². The van der Waals surface area contributed by atoms with Crippen LogP contribution in [0, 0.1) is 6.92 Å². The maximum atomic E-state index is 4.99. The largest absolute Gasteiger partial charge is 0.385 e. The predicted octanol–water partition coefficient (Wildman–Crippen LogP) is 2.88. The van der Waals surface area contributed by atoms with Gasteiger partial charge in [0.1, 0.15) is 0 Å². The van der Waals surface area contributed by atoms with Crippen LogP contribution in [0.2, 0.25) is 0 Å². The van der Waals surface area contributed by atoms with E-state index in [1.54, 1.807) is 7.11 Å².